The third-order valence-corrected chi connectivity index (χ3v) is 5.79. The monoisotopic (exact) mass is 305 g/mol. The fourth-order valence-corrected chi connectivity index (χ4v) is 4.62. The fraction of sp³-hybridized carbons (Fsp3) is 0.588. The van der Waals surface area contributed by atoms with Gasteiger partial charge < -0.3 is 20.6 Å². The Kier molecular flexibility index (Phi) is 3.45. The van der Waals surface area contributed by atoms with E-state index in [1.54, 1.807) is 6.07 Å². The van der Waals surface area contributed by atoms with Crippen molar-refractivity contribution in [3.63, 3.8) is 0 Å². The number of benzene rings is 1. The van der Waals surface area contributed by atoms with Crippen LogP contribution in [-0.2, 0) is 16.6 Å². The SMILES string of the molecule is CCC12CC(=O)CCC1(O)C(NC)Cc1ccc(O)c(O)c12. The number of phenols is 2. The topological polar surface area (TPSA) is 89.8 Å². The molecule has 1 saturated carbocycles. The van der Waals surface area contributed by atoms with Crippen molar-refractivity contribution < 1.29 is 20.1 Å². The second-order valence-electron chi connectivity index (χ2n) is 6.59. The van der Waals surface area contributed by atoms with Crippen molar-refractivity contribution in [2.24, 2.45) is 0 Å². The third kappa shape index (κ3) is 1.75. The molecule has 0 aliphatic heterocycles. The van der Waals surface area contributed by atoms with Crippen LogP contribution in [0, 0.1) is 0 Å². The van der Waals surface area contributed by atoms with Crippen LogP contribution >= 0.6 is 0 Å². The third-order valence-electron chi connectivity index (χ3n) is 5.79. The molecule has 0 saturated heterocycles. The van der Waals surface area contributed by atoms with Crippen LogP contribution in [-0.4, -0.2) is 39.8 Å². The maximum atomic E-state index is 12.1. The quantitative estimate of drug-likeness (QED) is 0.620. The molecule has 3 rings (SSSR count). The molecule has 5 heteroatoms. The largest absolute Gasteiger partial charge is 0.504 e. The molecule has 5 nitrogen and oxygen atoms in total. The summed E-state index contributed by atoms with van der Waals surface area (Å²) in [6.45, 7) is 1.93. The van der Waals surface area contributed by atoms with Gasteiger partial charge in [-0.05, 0) is 37.9 Å². The molecule has 3 atom stereocenters. The predicted molar refractivity (Wildman–Crippen MR) is 82.1 cm³/mol. The first-order valence-corrected chi connectivity index (χ1v) is 7.85. The number of carbonyl (C=O) groups excluding carboxylic acids is 1. The number of ketones is 1. The van der Waals surface area contributed by atoms with Crippen molar-refractivity contribution in [1.29, 1.82) is 0 Å². The van der Waals surface area contributed by atoms with Gasteiger partial charge in [-0.2, -0.15) is 0 Å². The van der Waals surface area contributed by atoms with Crippen LogP contribution in [0.5, 0.6) is 11.5 Å². The molecule has 2 aliphatic carbocycles. The molecule has 0 heterocycles. The molecule has 0 aromatic heterocycles. The van der Waals surface area contributed by atoms with Gasteiger partial charge in [0.05, 0.1) is 5.60 Å². The Hall–Kier alpha value is -1.59. The van der Waals surface area contributed by atoms with Crippen LogP contribution in [0.4, 0.5) is 0 Å². The fourth-order valence-electron chi connectivity index (χ4n) is 4.62. The Balaban J connectivity index is 2.32. The minimum atomic E-state index is -1.11. The van der Waals surface area contributed by atoms with E-state index in [2.05, 4.69) is 5.32 Å². The van der Waals surface area contributed by atoms with Crippen LogP contribution in [0.15, 0.2) is 12.1 Å². The molecule has 3 unspecified atom stereocenters. The maximum Gasteiger partial charge on any atom is 0.161 e. The van der Waals surface area contributed by atoms with Gasteiger partial charge in [-0.25, -0.2) is 0 Å². The van der Waals surface area contributed by atoms with E-state index in [1.165, 1.54) is 6.07 Å². The van der Waals surface area contributed by atoms with Crippen molar-refractivity contribution in [2.45, 2.75) is 56.1 Å². The lowest BCUT2D eigenvalue weighted by atomic mass is 9.51. The van der Waals surface area contributed by atoms with Crippen molar-refractivity contribution in [2.75, 3.05) is 7.05 Å². The predicted octanol–water partition coefficient (Wildman–Crippen LogP) is 1.37. The molecule has 4 N–H and O–H groups in total. The summed E-state index contributed by atoms with van der Waals surface area (Å²) in [6.07, 6.45) is 2.01. The number of hydrogen-bond donors (Lipinski definition) is 4. The lowest BCUT2D eigenvalue weighted by Gasteiger charge is -2.57. The summed E-state index contributed by atoms with van der Waals surface area (Å²) in [5, 5.41) is 35.0. The Labute approximate surface area is 130 Å². The minimum absolute atomic E-state index is 0.0944. The zero-order valence-electron chi connectivity index (χ0n) is 13.0. The van der Waals surface area contributed by atoms with Crippen molar-refractivity contribution in [1.82, 2.24) is 5.32 Å². The Morgan fingerprint density at radius 3 is 2.73 bits per heavy atom. The average molecular weight is 305 g/mol. The molecule has 0 amide bonds. The van der Waals surface area contributed by atoms with Crippen LogP contribution in [0.25, 0.3) is 0 Å². The minimum Gasteiger partial charge on any atom is -0.504 e. The lowest BCUT2D eigenvalue weighted by Crippen LogP contribution is -2.68. The molecule has 22 heavy (non-hydrogen) atoms. The van der Waals surface area contributed by atoms with Crippen LogP contribution < -0.4 is 5.32 Å². The van der Waals surface area contributed by atoms with Crippen LogP contribution in [0.3, 0.4) is 0 Å². The van der Waals surface area contributed by atoms with E-state index in [-0.39, 0.29) is 29.7 Å². The number of fused-ring (bicyclic) bond motifs is 3. The van der Waals surface area contributed by atoms with Gasteiger partial charge in [-0.15, -0.1) is 0 Å². The summed E-state index contributed by atoms with van der Waals surface area (Å²) >= 11 is 0. The Bertz CT molecular complexity index is 629. The number of Topliss-reactive ketones (excluding diaryl/α,β-unsaturated/α-hetero) is 1. The molecular formula is C17H23NO4. The number of nitrogens with one attached hydrogen (secondary N) is 1. The number of phenolic OH excluding ortho intramolecular Hbond substituents is 2. The second-order valence-corrected chi connectivity index (χ2v) is 6.59. The van der Waals surface area contributed by atoms with E-state index in [1.807, 2.05) is 14.0 Å². The molecule has 0 radical (unpaired) electrons. The van der Waals surface area contributed by atoms with E-state index < -0.39 is 11.0 Å². The van der Waals surface area contributed by atoms with Crippen molar-refractivity contribution >= 4 is 5.78 Å². The zero-order valence-corrected chi connectivity index (χ0v) is 13.0. The van der Waals surface area contributed by atoms with Crippen molar-refractivity contribution in [3.05, 3.63) is 23.3 Å². The molecular weight excluding hydrogens is 282 g/mol. The van der Waals surface area contributed by atoms with Gasteiger partial charge in [0.15, 0.2) is 11.5 Å². The number of aromatic hydroxyl groups is 2. The highest BCUT2D eigenvalue weighted by Gasteiger charge is 2.61. The van der Waals surface area contributed by atoms with Gasteiger partial charge in [0, 0.05) is 29.9 Å². The highest BCUT2D eigenvalue weighted by atomic mass is 16.3. The zero-order chi connectivity index (χ0) is 16.1. The Morgan fingerprint density at radius 1 is 1.36 bits per heavy atom. The first-order chi connectivity index (χ1) is 10.4. The summed E-state index contributed by atoms with van der Waals surface area (Å²) in [4.78, 5) is 12.1. The molecule has 2 aliphatic rings. The second kappa shape index (κ2) is 4.96. The van der Waals surface area contributed by atoms with E-state index in [9.17, 15) is 20.1 Å². The standard InChI is InChI=1S/C17H23NO4/c1-3-16-9-11(19)6-7-17(16,22)13(18-2)8-10-4-5-12(20)15(21)14(10)16/h4-5,13,18,20-22H,3,6-9H2,1-2H3. The molecule has 0 bridgehead atoms. The normalized spacial score (nSPS) is 34.1. The van der Waals surface area contributed by atoms with Gasteiger partial charge in [-0.3, -0.25) is 4.79 Å². The number of carbonyl (C=O) groups is 1. The summed E-state index contributed by atoms with van der Waals surface area (Å²) in [7, 11) is 1.81. The highest BCUT2D eigenvalue weighted by Crippen LogP contribution is 2.57. The van der Waals surface area contributed by atoms with Gasteiger partial charge in [0.2, 0.25) is 0 Å². The van der Waals surface area contributed by atoms with Crippen LogP contribution in [0.1, 0.15) is 43.7 Å². The van der Waals surface area contributed by atoms with E-state index in [4.69, 9.17) is 0 Å². The summed E-state index contributed by atoms with van der Waals surface area (Å²) in [6, 6.07) is 3.07. The number of likely N-dealkylation sites (N-methyl/N-ethyl adjacent to an activating group) is 1. The van der Waals surface area contributed by atoms with Gasteiger partial charge in [-0.1, -0.05) is 13.0 Å². The number of aliphatic hydroxyl groups is 1. The first kappa shape index (κ1) is 15.3. The van der Waals surface area contributed by atoms with Crippen molar-refractivity contribution in [3.8, 4) is 11.5 Å². The van der Waals surface area contributed by atoms with Gasteiger partial charge >= 0.3 is 0 Å². The molecule has 1 fully saturated rings. The average Bonchev–Trinajstić information content (AvgIpc) is 2.50. The van der Waals surface area contributed by atoms with E-state index >= 15 is 0 Å². The number of hydrogen-bond acceptors (Lipinski definition) is 5. The van der Waals surface area contributed by atoms with E-state index in [0.717, 1.165) is 5.56 Å². The first-order valence-electron chi connectivity index (χ1n) is 7.85. The summed E-state index contributed by atoms with van der Waals surface area (Å²) < 4.78 is 0. The van der Waals surface area contributed by atoms with Crippen LogP contribution in [0.2, 0.25) is 0 Å². The molecule has 1 aromatic rings. The molecule has 0 spiro atoms. The smallest absolute Gasteiger partial charge is 0.161 e. The van der Waals surface area contributed by atoms with Gasteiger partial charge in [0.1, 0.15) is 5.78 Å². The maximum absolute atomic E-state index is 12.1. The highest BCUT2D eigenvalue weighted by molar-refractivity contribution is 5.83. The molecule has 1 aromatic carbocycles. The lowest BCUT2D eigenvalue weighted by molar-refractivity contribution is -0.142. The van der Waals surface area contributed by atoms with Gasteiger partial charge in [0.25, 0.3) is 0 Å². The summed E-state index contributed by atoms with van der Waals surface area (Å²) in [5.74, 6) is -0.297. The van der Waals surface area contributed by atoms with E-state index in [0.29, 0.717) is 31.2 Å². The Morgan fingerprint density at radius 2 is 2.09 bits per heavy atom. The summed E-state index contributed by atoms with van der Waals surface area (Å²) in [5.41, 5.74) is -0.525. The number of rotatable bonds is 2. The molecule has 120 valence electrons.